The van der Waals surface area contributed by atoms with E-state index in [2.05, 4.69) is 23.2 Å². The first-order valence-electron chi connectivity index (χ1n) is 5.31. The zero-order valence-corrected chi connectivity index (χ0v) is 10.2. The monoisotopic (exact) mass is 252 g/mol. The molecular weight excluding hydrogens is 240 g/mol. The van der Waals surface area contributed by atoms with E-state index in [-0.39, 0.29) is 5.15 Å². The minimum Gasteiger partial charge on any atom is -0.365 e. The van der Waals surface area contributed by atoms with Crippen LogP contribution in [0.3, 0.4) is 0 Å². The van der Waals surface area contributed by atoms with Crippen molar-refractivity contribution in [2.45, 2.75) is 13.3 Å². The second-order valence-electron chi connectivity index (χ2n) is 4.02. The molecule has 0 fully saturated rings. The summed E-state index contributed by atoms with van der Waals surface area (Å²) in [6, 6.07) is 1.46. The molecule has 2 heterocycles. The molecule has 1 amide bonds. The summed E-state index contributed by atoms with van der Waals surface area (Å²) in [5.41, 5.74) is 6.96. The molecule has 1 aromatic heterocycles. The Labute approximate surface area is 104 Å². The van der Waals surface area contributed by atoms with Gasteiger partial charge in [-0.3, -0.25) is 4.79 Å². The summed E-state index contributed by atoms with van der Waals surface area (Å²) >= 11 is 5.71. The van der Waals surface area contributed by atoms with Crippen molar-refractivity contribution in [2.75, 3.05) is 18.0 Å². The van der Waals surface area contributed by atoms with Crippen LogP contribution in [0.25, 0.3) is 0 Å². The first-order valence-corrected chi connectivity index (χ1v) is 5.69. The quantitative estimate of drug-likeness (QED) is 0.808. The van der Waals surface area contributed by atoms with Gasteiger partial charge in [-0.05, 0) is 19.4 Å². The Morgan fingerprint density at radius 2 is 2.29 bits per heavy atom. The Kier molecular flexibility index (Phi) is 3.28. The molecular formula is C11H13ClN4O. The number of carbonyl (C=O) groups is 1. The number of nitrogens with two attached hydrogens (primary N) is 1. The molecule has 90 valence electrons. The molecule has 1 aliphatic heterocycles. The van der Waals surface area contributed by atoms with Crippen molar-refractivity contribution in [1.82, 2.24) is 10.2 Å². The average molecular weight is 253 g/mol. The van der Waals surface area contributed by atoms with E-state index in [1.807, 2.05) is 4.90 Å². The summed E-state index contributed by atoms with van der Waals surface area (Å²) in [6.45, 7) is 3.60. The van der Waals surface area contributed by atoms with Gasteiger partial charge in [0.25, 0.3) is 5.91 Å². The Hall–Kier alpha value is -1.62. The van der Waals surface area contributed by atoms with Crippen molar-refractivity contribution in [3.63, 3.8) is 0 Å². The molecule has 6 heteroatoms. The van der Waals surface area contributed by atoms with Crippen molar-refractivity contribution < 1.29 is 4.79 Å². The van der Waals surface area contributed by atoms with E-state index in [1.165, 1.54) is 11.6 Å². The minimum absolute atomic E-state index is 0.172. The van der Waals surface area contributed by atoms with Gasteiger partial charge in [-0.15, -0.1) is 10.2 Å². The molecule has 2 N–H and O–H groups in total. The summed E-state index contributed by atoms with van der Waals surface area (Å²) in [6.07, 6.45) is 3.05. The second-order valence-corrected chi connectivity index (χ2v) is 4.40. The van der Waals surface area contributed by atoms with Crippen LogP contribution >= 0.6 is 11.6 Å². The summed E-state index contributed by atoms with van der Waals surface area (Å²) in [7, 11) is 0. The number of hydrogen-bond donors (Lipinski definition) is 1. The highest BCUT2D eigenvalue weighted by molar-refractivity contribution is 6.29. The number of carbonyl (C=O) groups excluding carboxylic acids is 1. The standard InChI is InChI=1S/C11H13ClN4O/c1-7-2-4-16(5-3-7)11-8(10(13)17)6-9(12)14-15-11/h2,6H,3-5H2,1H3,(H2,13,17). The smallest absolute Gasteiger partial charge is 0.252 e. The molecule has 5 nitrogen and oxygen atoms in total. The van der Waals surface area contributed by atoms with Crippen molar-refractivity contribution in [2.24, 2.45) is 5.73 Å². The van der Waals surface area contributed by atoms with E-state index in [9.17, 15) is 4.79 Å². The number of rotatable bonds is 2. The number of hydrogen-bond acceptors (Lipinski definition) is 4. The number of halogens is 1. The lowest BCUT2D eigenvalue weighted by Crippen LogP contribution is -2.31. The van der Waals surface area contributed by atoms with Gasteiger partial charge in [0.2, 0.25) is 0 Å². The van der Waals surface area contributed by atoms with Crippen LogP contribution < -0.4 is 10.6 Å². The van der Waals surface area contributed by atoms with E-state index in [4.69, 9.17) is 17.3 Å². The first kappa shape index (κ1) is 11.9. The van der Waals surface area contributed by atoms with Crippen LogP contribution in [0.4, 0.5) is 5.82 Å². The molecule has 0 bridgehead atoms. The van der Waals surface area contributed by atoms with Gasteiger partial charge in [-0.25, -0.2) is 0 Å². The topological polar surface area (TPSA) is 72.1 Å². The summed E-state index contributed by atoms with van der Waals surface area (Å²) in [5, 5.41) is 7.90. The largest absolute Gasteiger partial charge is 0.365 e. The van der Waals surface area contributed by atoms with E-state index in [0.29, 0.717) is 17.9 Å². The van der Waals surface area contributed by atoms with E-state index in [0.717, 1.165) is 13.0 Å². The highest BCUT2D eigenvalue weighted by Crippen LogP contribution is 2.22. The Balaban J connectivity index is 2.35. The summed E-state index contributed by atoms with van der Waals surface area (Å²) in [4.78, 5) is 13.3. The van der Waals surface area contributed by atoms with Gasteiger partial charge in [-0.1, -0.05) is 23.3 Å². The van der Waals surface area contributed by atoms with Crippen LogP contribution in [0.2, 0.25) is 5.15 Å². The molecule has 0 unspecified atom stereocenters. The van der Waals surface area contributed by atoms with Crippen molar-refractivity contribution in [1.29, 1.82) is 0 Å². The summed E-state index contributed by atoms with van der Waals surface area (Å²) in [5.74, 6) is -0.0336. The lowest BCUT2D eigenvalue weighted by Gasteiger charge is -2.27. The van der Waals surface area contributed by atoms with Crippen LogP contribution in [0.5, 0.6) is 0 Å². The number of anilines is 1. The zero-order valence-electron chi connectivity index (χ0n) is 9.48. The maximum atomic E-state index is 11.3. The number of aromatic nitrogens is 2. The fourth-order valence-electron chi connectivity index (χ4n) is 1.74. The molecule has 0 atom stereocenters. The number of amides is 1. The van der Waals surface area contributed by atoms with Gasteiger partial charge < -0.3 is 10.6 Å². The Morgan fingerprint density at radius 1 is 1.53 bits per heavy atom. The van der Waals surface area contributed by atoms with E-state index >= 15 is 0 Å². The van der Waals surface area contributed by atoms with Gasteiger partial charge in [0.05, 0.1) is 5.56 Å². The molecule has 0 saturated heterocycles. The third kappa shape index (κ3) is 2.55. The molecule has 0 spiro atoms. The third-order valence-corrected chi connectivity index (χ3v) is 2.93. The van der Waals surface area contributed by atoms with Crippen LogP contribution in [0.15, 0.2) is 17.7 Å². The van der Waals surface area contributed by atoms with Gasteiger partial charge >= 0.3 is 0 Å². The SMILES string of the molecule is CC1=CCN(c2nnc(Cl)cc2C(N)=O)CC1. The first-order chi connectivity index (χ1) is 8.08. The maximum Gasteiger partial charge on any atom is 0.252 e. The molecule has 0 radical (unpaired) electrons. The Bertz CT molecular complexity index is 486. The number of primary amides is 1. The normalized spacial score (nSPS) is 15.6. The molecule has 1 aliphatic rings. The lowest BCUT2D eigenvalue weighted by atomic mass is 10.1. The van der Waals surface area contributed by atoms with Crippen molar-refractivity contribution in [3.8, 4) is 0 Å². The fraction of sp³-hybridized carbons (Fsp3) is 0.364. The van der Waals surface area contributed by atoms with Crippen LogP contribution in [-0.2, 0) is 0 Å². The van der Waals surface area contributed by atoms with Gasteiger partial charge in [0, 0.05) is 13.1 Å². The van der Waals surface area contributed by atoms with E-state index < -0.39 is 5.91 Å². The third-order valence-electron chi connectivity index (χ3n) is 2.75. The fourth-order valence-corrected chi connectivity index (χ4v) is 1.89. The van der Waals surface area contributed by atoms with Crippen molar-refractivity contribution >= 4 is 23.3 Å². The molecule has 2 rings (SSSR count). The highest BCUT2D eigenvalue weighted by atomic mass is 35.5. The summed E-state index contributed by atoms with van der Waals surface area (Å²) < 4.78 is 0. The number of nitrogens with zero attached hydrogens (tertiary/aromatic N) is 3. The predicted octanol–water partition coefficient (Wildman–Crippen LogP) is 1.39. The van der Waals surface area contributed by atoms with Crippen LogP contribution in [-0.4, -0.2) is 29.2 Å². The van der Waals surface area contributed by atoms with Gasteiger partial charge in [0.15, 0.2) is 11.0 Å². The maximum absolute atomic E-state index is 11.3. The van der Waals surface area contributed by atoms with Gasteiger partial charge in [0.1, 0.15) is 0 Å². The Morgan fingerprint density at radius 3 is 2.88 bits per heavy atom. The lowest BCUT2D eigenvalue weighted by molar-refractivity contribution is 0.100. The van der Waals surface area contributed by atoms with Crippen LogP contribution in [0, 0.1) is 0 Å². The zero-order chi connectivity index (χ0) is 12.4. The van der Waals surface area contributed by atoms with Gasteiger partial charge in [-0.2, -0.15) is 0 Å². The average Bonchev–Trinajstić information content (AvgIpc) is 2.30. The predicted molar refractivity (Wildman–Crippen MR) is 66.1 cm³/mol. The molecule has 0 aliphatic carbocycles. The molecule has 1 aromatic rings. The molecule has 17 heavy (non-hydrogen) atoms. The molecule has 0 aromatic carbocycles. The minimum atomic E-state index is -0.539. The van der Waals surface area contributed by atoms with E-state index in [1.54, 1.807) is 0 Å². The van der Waals surface area contributed by atoms with Crippen LogP contribution in [0.1, 0.15) is 23.7 Å². The van der Waals surface area contributed by atoms with Crippen molar-refractivity contribution in [3.05, 3.63) is 28.4 Å². The highest BCUT2D eigenvalue weighted by Gasteiger charge is 2.19. The second kappa shape index (κ2) is 4.71. The molecule has 0 saturated carbocycles.